The molecule has 2 nitrogen and oxygen atoms in total. The molecule has 4 aliphatic rings. The molecule has 0 bridgehead atoms. The number of hydrogen-bond acceptors (Lipinski definition) is 2. The molecular weight excluding hydrogens is 753 g/mol. The van der Waals surface area contributed by atoms with E-state index in [1.165, 1.54) is 43.8 Å². The molecule has 2 spiro atoms. The van der Waals surface area contributed by atoms with Crippen LogP contribution in [0.1, 0.15) is 55.6 Å². The molecule has 2 heteroatoms. The molecule has 2 aliphatic carbocycles. The summed E-state index contributed by atoms with van der Waals surface area (Å²) in [4.78, 5) is 0. The first-order chi connectivity index (χ1) is 30.5. The highest BCUT2D eigenvalue weighted by molar-refractivity contribution is 5.98. The van der Waals surface area contributed by atoms with Crippen LogP contribution in [-0.4, -0.2) is 0 Å². The summed E-state index contributed by atoms with van der Waals surface area (Å²) < 4.78 is 14.5. The lowest BCUT2D eigenvalue weighted by molar-refractivity contribution is 0.165. The van der Waals surface area contributed by atoms with Crippen molar-refractivity contribution in [2.45, 2.75) is 11.2 Å². The number of terminal acetylenes is 2. The van der Waals surface area contributed by atoms with E-state index in [9.17, 15) is 0 Å². The van der Waals surface area contributed by atoms with Gasteiger partial charge in [-0.3, -0.25) is 0 Å². The van der Waals surface area contributed by atoms with Crippen LogP contribution < -0.4 is 9.47 Å². The SMILES string of the molecule is C#Cc1ccc2c(c1)C(c1ccc(C3=CC4(Oc5ccc(C#C)cc53)c3ccccc3-c3cc5ccccc5cc34)cc1)=CC1(O2)c2ccccc2-c2cc3ccccc3cc21. The third-order valence-corrected chi connectivity index (χ3v) is 13.4. The zero-order chi connectivity index (χ0) is 41.2. The van der Waals surface area contributed by atoms with Crippen molar-refractivity contribution in [1.82, 2.24) is 0 Å². The van der Waals surface area contributed by atoms with Crippen LogP contribution in [0.5, 0.6) is 11.5 Å². The van der Waals surface area contributed by atoms with Gasteiger partial charge in [0.2, 0.25) is 0 Å². The van der Waals surface area contributed by atoms with E-state index in [0.717, 1.165) is 78.3 Å². The van der Waals surface area contributed by atoms with Gasteiger partial charge in [-0.2, -0.15) is 0 Å². The summed E-state index contributed by atoms with van der Waals surface area (Å²) in [7, 11) is 0. The molecule has 13 rings (SSSR count). The predicted octanol–water partition coefficient (Wildman–Crippen LogP) is 13.5. The Bertz CT molecular complexity index is 3370. The van der Waals surface area contributed by atoms with Gasteiger partial charge in [0.05, 0.1) is 0 Å². The van der Waals surface area contributed by atoms with Crippen molar-refractivity contribution < 1.29 is 9.47 Å². The Kier molecular flexibility index (Phi) is 7.03. The van der Waals surface area contributed by atoms with Crippen molar-refractivity contribution in [3.8, 4) is 58.4 Å². The van der Waals surface area contributed by atoms with Crippen molar-refractivity contribution in [3.63, 3.8) is 0 Å². The molecule has 0 aromatic heterocycles. The highest BCUT2D eigenvalue weighted by Crippen LogP contribution is 2.58. The van der Waals surface area contributed by atoms with Gasteiger partial charge in [0, 0.05) is 44.5 Å². The maximum Gasteiger partial charge on any atom is 0.179 e. The van der Waals surface area contributed by atoms with E-state index in [1.807, 2.05) is 24.3 Å². The van der Waals surface area contributed by atoms with Gasteiger partial charge in [0.25, 0.3) is 0 Å². The maximum atomic E-state index is 7.27. The molecule has 0 fully saturated rings. The first-order valence-corrected chi connectivity index (χ1v) is 21.0. The maximum absolute atomic E-state index is 7.27. The minimum Gasteiger partial charge on any atom is -0.473 e. The molecule has 9 aromatic rings. The van der Waals surface area contributed by atoms with E-state index in [-0.39, 0.29) is 0 Å². The summed E-state index contributed by atoms with van der Waals surface area (Å²) in [5.41, 5.74) is 15.3. The van der Waals surface area contributed by atoms with Crippen LogP contribution in [0, 0.1) is 24.7 Å². The zero-order valence-corrected chi connectivity index (χ0v) is 33.4. The predicted molar refractivity (Wildman–Crippen MR) is 251 cm³/mol. The van der Waals surface area contributed by atoms with Crippen molar-refractivity contribution in [2.24, 2.45) is 0 Å². The summed E-state index contributed by atoms with van der Waals surface area (Å²) in [6.07, 6.45) is 16.7. The highest BCUT2D eigenvalue weighted by Gasteiger charge is 2.49. The lowest BCUT2D eigenvalue weighted by Crippen LogP contribution is -2.33. The minimum absolute atomic E-state index is 0.789. The Morgan fingerprint density at radius 1 is 0.339 bits per heavy atom. The molecule has 9 aromatic carbocycles. The van der Waals surface area contributed by atoms with Gasteiger partial charge >= 0.3 is 0 Å². The van der Waals surface area contributed by atoms with Crippen LogP contribution in [-0.2, 0) is 11.2 Å². The van der Waals surface area contributed by atoms with Crippen molar-refractivity contribution in [3.05, 3.63) is 250 Å². The summed E-state index contributed by atoms with van der Waals surface area (Å²) >= 11 is 0. The third-order valence-electron chi connectivity index (χ3n) is 13.4. The topological polar surface area (TPSA) is 18.5 Å². The molecule has 0 amide bonds. The minimum atomic E-state index is -0.859. The number of ether oxygens (including phenoxy) is 2. The monoisotopic (exact) mass is 786 g/mol. The fourth-order valence-electron chi connectivity index (χ4n) is 10.6. The van der Waals surface area contributed by atoms with Crippen molar-refractivity contribution in [1.29, 1.82) is 0 Å². The smallest absolute Gasteiger partial charge is 0.179 e. The van der Waals surface area contributed by atoms with Crippen LogP contribution in [0.3, 0.4) is 0 Å². The van der Waals surface area contributed by atoms with Crippen molar-refractivity contribution >= 4 is 32.7 Å². The van der Waals surface area contributed by atoms with Gasteiger partial charge in [-0.15, -0.1) is 12.8 Å². The van der Waals surface area contributed by atoms with Crippen LogP contribution in [0.25, 0.3) is 54.9 Å². The third kappa shape index (κ3) is 4.73. The largest absolute Gasteiger partial charge is 0.473 e. The van der Waals surface area contributed by atoms with E-state index in [2.05, 4.69) is 182 Å². The van der Waals surface area contributed by atoms with E-state index in [4.69, 9.17) is 22.3 Å². The molecule has 2 heterocycles. The zero-order valence-electron chi connectivity index (χ0n) is 33.4. The quantitative estimate of drug-likeness (QED) is 0.163. The van der Waals surface area contributed by atoms with Gasteiger partial charge in [0.15, 0.2) is 11.2 Å². The first-order valence-electron chi connectivity index (χ1n) is 21.0. The van der Waals surface area contributed by atoms with E-state index >= 15 is 0 Å². The Morgan fingerprint density at radius 3 is 1.15 bits per heavy atom. The summed E-state index contributed by atoms with van der Waals surface area (Å²) in [5, 5.41) is 4.74. The molecule has 2 aliphatic heterocycles. The first kappa shape index (κ1) is 34.6. The van der Waals surface area contributed by atoms with Gasteiger partial charge in [0.1, 0.15) is 11.5 Å². The molecule has 2 unspecified atom stereocenters. The molecular formula is C60H34O2. The van der Waals surface area contributed by atoms with Crippen LogP contribution >= 0.6 is 0 Å². The van der Waals surface area contributed by atoms with Gasteiger partial charge < -0.3 is 9.47 Å². The number of benzene rings is 9. The number of hydrogen-bond donors (Lipinski definition) is 0. The number of rotatable bonds is 2. The van der Waals surface area contributed by atoms with Crippen LogP contribution in [0.4, 0.5) is 0 Å². The van der Waals surface area contributed by atoms with Crippen molar-refractivity contribution in [2.75, 3.05) is 0 Å². The Balaban J connectivity index is 1.02. The molecule has 286 valence electrons. The molecule has 62 heavy (non-hydrogen) atoms. The fraction of sp³-hybridized carbons (Fsp3) is 0.0333. The standard InChI is InChI=1S/C60H34O2/c1-3-37-21-27-57-49(29-37)51(35-59(61-57)53-19-11-9-17-45(53)47-31-41-13-5-7-15-43(41)33-55(47)59)39-23-25-40(26-24-39)52-36-60(62-58-28-22-38(4-2)30-50(52)58)54-20-12-10-18-46(54)48-32-42-14-6-8-16-44(42)34-56(48)60/h1-2,5-36H. The van der Waals surface area contributed by atoms with Crippen LogP contribution in [0.15, 0.2) is 194 Å². The normalized spacial score (nSPS) is 18.2. The molecule has 0 saturated heterocycles. The highest BCUT2D eigenvalue weighted by atomic mass is 16.5. The van der Waals surface area contributed by atoms with Gasteiger partial charge in [-0.25, -0.2) is 0 Å². The Hall–Kier alpha value is -8.30. The molecule has 0 radical (unpaired) electrons. The fourth-order valence-corrected chi connectivity index (χ4v) is 10.6. The average molecular weight is 787 g/mol. The van der Waals surface area contributed by atoms with E-state index < -0.39 is 11.2 Å². The van der Waals surface area contributed by atoms with Gasteiger partial charge in [-0.1, -0.05) is 133 Å². The van der Waals surface area contributed by atoms with Crippen LogP contribution in [0.2, 0.25) is 0 Å². The van der Waals surface area contributed by atoms with E-state index in [1.54, 1.807) is 0 Å². The van der Waals surface area contributed by atoms with Gasteiger partial charge in [-0.05, 0) is 139 Å². The number of fused-ring (bicyclic) bond motifs is 14. The lowest BCUT2D eigenvalue weighted by Gasteiger charge is -2.37. The molecule has 0 saturated carbocycles. The lowest BCUT2D eigenvalue weighted by atomic mass is 9.80. The second-order valence-corrected chi connectivity index (χ2v) is 16.7. The second kappa shape index (κ2) is 12.6. The molecule has 0 N–H and O–H groups in total. The summed E-state index contributed by atoms with van der Waals surface area (Å²) in [6.45, 7) is 0. The summed E-state index contributed by atoms with van der Waals surface area (Å²) in [6, 6.07) is 64.7. The Labute approximate surface area is 360 Å². The Morgan fingerprint density at radius 2 is 0.726 bits per heavy atom. The molecule has 2 atom stereocenters. The van der Waals surface area contributed by atoms with E-state index in [0.29, 0.717) is 0 Å². The summed E-state index contributed by atoms with van der Waals surface area (Å²) in [5.74, 6) is 7.31. The average Bonchev–Trinajstić information content (AvgIpc) is 3.73. The second-order valence-electron chi connectivity index (χ2n) is 16.7.